The third kappa shape index (κ3) is 24.0. The Morgan fingerprint density at radius 3 is 0.634 bits per heavy atom. The second-order valence-corrected chi connectivity index (χ2v) is 26.6. The van der Waals surface area contributed by atoms with Crippen LogP contribution in [0.5, 0.6) is 0 Å². The van der Waals surface area contributed by atoms with E-state index in [4.69, 9.17) is 0 Å². The zero-order chi connectivity index (χ0) is 58.4. The van der Waals surface area contributed by atoms with E-state index in [2.05, 4.69) is 156 Å². The fraction of sp³-hybridized carbons (Fsp3) is 0.704. The monoisotopic (exact) mass is 1120 g/mol. The van der Waals surface area contributed by atoms with E-state index in [1.807, 2.05) is 0 Å². The SMILES string of the molecule is CCCCCCCCCCCCCC(O)(CCCCCCCCCCCCC)C(C)(C(CCCCCCCCCCCCC)(CCCCCCCCCCCCC)c1ccccc1)C(c1ccccc1)(c1ccccc1)c1ccccc1. The lowest BCUT2D eigenvalue weighted by Crippen LogP contribution is -2.69. The van der Waals surface area contributed by atoms with Gasteiger partial charge >= 0.3 is 0 Å². The molecule has 1 N–H and O–H groups in total. The van der Waals surface area contributed by atoms with Crippen LogP contribution >= 0.6 is 0 Å². The smallest absolute Gasteiger partial charge is 0.0724 e. The Kier molecular flexibility index (Phi) is 39.3. The summed E-state index contributed by atoms with van der Waals surface area (Å²) in [6, 6.07) is 47.3. The number of benzene rings is 4. The predicted molar refractivity (Wildman–Crippen MR) is 365 cm³/mol. The zero-order valence-electron chi connectivity index (χ0n) is 54.9. The van der Waals surface area contributed by atoms with Crippen molar-refractivity contribution in [2.75, 3.05) is 0 Å². The van der Waals surface area contributed by atoms with Gasteiger partial charge in [0.25, 0.3) is 0 Å². The maximum Gasteiger partial charge on any atom is 0.0724 e. The fourth-order valence-corrected chi connectivity index (χ4v) is 15.5. The van der Waals surface area contributed by atoms with E-state index in [1.165, 1.54) is 292 Å². The molecule has 82 heavy (non-hydrogen) atoms. The van der Waals surface area contributed by atoms with Gasteiger partial charge in [-0.05, 0) is 47.9 Å². The average Bonchev–Trinajstić information content (AvgIpc) is 3.61. The highest BCUT2D eigenvalue weighted by atomic mass is 16.3. The molecule has 0 amide bonds. The van der Waals surface area contributed by atoms with Gasteiger partial charge in [-0.1, -0.05) is 438 Å². The highest BCUT2D eigenvalue weighted by Crippen LogP contribution is 2.69. The highest BCUT2D eigenvalue weighted by molar-refractivity contribution is 5.57. The number of rotatable bonds is 55. The molecule has 462 valence electrons. The van der Waals surface area contributed by atoms with Crippen LogP contribution in [0.4, 0.5) is 0 Å². The van der Waals surface area contributed by atoms with Crippen molar-refractivity contribution in [2.45, 2.75) is 359 Å². The minimum Gasteiger partial charge on any atom is -0.389 e. The average molecular weight is 1120 g/mol. The van der Waals surface area contributed by atoms with Crippen molar-refractivity contribution in [3.8, 4) is 0 Å². The van der Waals surface area contributed by atoms with Gasteiger partial charge < -0.3 is 5.11 Å². The van der Waals surface area contributed by atoms with E-state index in [-0.39, 0.29) is 5.41 Å². The molecule has 0 heterocycles. The number of hydrogen-bond acceptors (Lipinski definition) is 1. The second-order valence-electron chi connectivity index (χ2n) is 26.6. The molecular formula is C81H132O. The molecule has 1 atom stereocenters. The van der Waals surface area contributed by atoms with Gasteiger partial charge in [0.15, 0.2) is 0 Å². The molecule has 0 aliphatic carbocycles. The summed E-state index contributed by atoms with van der Waals surface area (Å²) in [6.07, 6.45) is 62.1. The Hall–Kier alpha value is -3.16. The lowest BCUT2D eigenvalue weighted by Gasteiger charge is -2.67. The Labute approximate surface area is 510 Å². The standard InChI is InChI=1S/C81H132O/c1-6-10-14-18-22-26-30-34-38-42-58-70-79(74-62-50-46-51-63-74,71-59-43-39-35-31-27-23-19-15-11-7-2)78(5,81(75-64-52-47-53-65-75,76-66-54-48-55-67-76)77-68-56-49-57-69-77)80(82,72-60-44-40-36-32-28-24-20-16-12-8-3)73-61-45-41-37-33-29-25-21-17-13-9-4/h46-57,62-69,82H,6-45,58-61,70-73H2,1-5H3. The van der Waals surface area contributed by atoms with Crippen LogP contribution in [0.1, 0.15) is 365 Å². The predicted octanol–water partition coefficient (Wildman–Crippen LogP) is 26.5. The summed E-state index contributed by atoms with van der Waals surface area (Å²) in [4.78, 5) is 0. The largest absolute Gasteiger partial charge is 0.389 e. The van der Waals surface area contributed by atoms with Gasteiger partial charge in [-0.2, -0.15) is 0 Å². The molecule has 0 spiro atoms. The molecule has 0 bridgehead atoms. The minimum atomic E-state index is -1.00. The van der Waals surface area contributed by atoms with Crippen molar-refractivity contribution < 1.29 is 5.11 Å². The molecule has 1 heteroatoms. The first-order valence-corrected chi connectivity index (χ1v) is 36.4. The molecule has 0 radical (unpaired) electrons. The van der Waals surface area contributed by atoms with Gasteiger partial charge in [0.05, 0.1) is 11.0 Å². The number of unbranched alkanes of at least 4 members (excludes halogenated alkanes) is 40. The van der Waals surface area contributed by atoms with E-state index in [0.717, 1.165) is 38.5 Å². The Bertz CT molecular complexity index is 1860. The Morgan fingerprint density at radius 1 is 0.232 bits per heavy atom. The first kappa shape index (κ1) is 71.3. The van der Waals surface area contributed by atoms with E-state index >= 15 is 5.11 Å². The third-order valence-corrected chi connectivity index (χ3v) is 20.4. The van der Waals surface area contributed by atoms with Crippen LogP contribution in [-0.2, 0) is 10.8 Å². The summed E-state index contributed by atoms with van der Waals surface area (Å²) in [6.45, 7) is 12.0. The molecule has 1 unspecified atom stereocenters. The van der Waals surface area contributed by atoms with E-state index in [1.54, 1.807) is 0 Å². The molecule has 4 aromatic carbocycles. The summed E-state index contributed by atoms with van der Waals surface area (Å²) in [5.41, 5.74) is 2.69. The summed E-state index contributed by atoms with van der Waals surface area (Å²) in [5, 5.41) is 15.5. The van der Waals surface area contributed by atoms with Crippen molar-refractivity contribution in [2.24, 2.45) is 5.41 Å². The molecule has 0 aromatic heterocycles. The Balaban J connectivity index is 1.92. The summed E-state index contributed by atoms with van der Waals surface area (Å²) in [5.74, 6) is 0. The van der Waals surface area contributed by atoms with Crippen molar-refractivity contribution in [1.82, 2.24) is 0 Å². The van der Waals surface area contributed by atoms with Gasteiger partial charge in [-0.15, -0.1) is 0 Å². The van der Waals surface area contributed by atoms with Gasteiger partial charge in [-0.25, -0.2) is 0 Å². The first-order chi connectivity index (χ1) is 40.4. The van der Waals surface area contributed by atoms with Gasteiger partial charge in [0.1, 0.15) is 0 Å². The van der Waals surface area contributed by atoms with E-state index in [0.29, 0.717) is 0 Å². The highest BCUT2D eigenvalue weighted by Gasteiger charge is 2.69. The second kappa shape index (κ2) is 45.2. The molecular weight excluding hydrogens is 989 g/mol. The van der Waals surface area contributed by atoms with Crippen molar-refractivity contribution >= 4 is 0 Å². The molecule has 4 rings (SSSR count). The van der Waals surface area contributed by atoms with Gasteiger partial charge in [0.2, 0.25) is 0 Å². The normalized spacial score (nSPS) is 13.0. The zero-order valence-corrected chi connectivity index (χ0v) is 54.9. The summed E-state index contributed by atoms with van der Waals surface area (Å²) in [7, 11) is 0. The first-order valence-electron chi connectivity index (χ1n) is 36.4. The van der Waals surface area contributed by atoms with Gasteiger partial charge in [-0.3, -0.25) is 0 Å². The molecule has 0 aliphatic rings. The van der Waals surface area contributed by atoms with Crippen LogP contribution in [0.15, 0.2) is 121 Å². The third-order valence-electron chi connectivity index (χ3n) is 20.4. The van der Waals surface area contributed by atoms with Crippen LogP contribution in [0.25, 0.3) is 0 Å². The van der Waals surface area contributed by atoms with E-state index in [9.17, 15) is 0 Å². The van der Waals surface area contributed by atoms with Crippen LogP contribution < -0.4 is 0 Å². The lowest BCUT2D eigenvalue weighted by molar-refractivity contribution is -0.162. The molecule has 0 saturated carbocycles. The van der Waals surface area contributed by atoms with Crippen LogP contribution in [0.2, 0.25) is 0 Å². The number of hydrogen-bond donors (Lipinski definition) is 1. The van der Waals surface area contributed by atoms with Crippen molar-refractivity contribution in [1.29, 1.82) is 0 Å². The molecule has 4 aromatic rings. The summed E-state index contributed by atoms with van der Waals surface area (Å²) < 4.78 is 0. The molecule has 0 saturated heterocycles. The van der Waals surface area contributed by atoms with E-state index < -0.39 is 16.4 Å². The maximum atomic E-state index is 15.5. The fourth-order valence-electron chi connectivity index (χ4n) is 15.5. The molecule has 0 fully saturated rings. The van der Waals surface area contributed by atoms with Gasteiger partial charge in [0, 0.05) is 10.8 Å². The molecule has 0 aliphatic heterocycles. The maximum absolute atomic E-state index is 15.5. The minimum absolute atomic E-state index is 0.362. The van der Waals surface area contributed by atoms with Crippen LogP contribution in [0, 0.1) is 5.41 Å². The lowest BCUT2D eigenvalue weighted by atomic mass is 9.37. The quantitative estimate of drug-likeness (QED) is 0.0345. The summed E-state index contributed by atoms with van der Waals surface area (Å²) >= 11 is 0. The van der Waals surface area contributed by atoms with Crippen molar-refractivity contribution in [3.05, 3.63) is 144 Å². The van der Waals surface area contributed by atoms with Crippen molar-refractivity contribution in [3.63, 3.8) is 0 Å². The topological polar surface area (TPSA) is 20.2 Å². The molecule has 1 nitrogen and oxygen atoms in total. The van der Waals surface area contributed by atoms with Crippen LogP contribution in [-0.4, -0.2) is 10.7 Å². The van der Waals surface area contributed by atoms with Crippen LogP contribution in [0.3, 0.4) is 0 Å². The number of aliphatic hydroxyl groups is 1. The Morgan fingerprint density at radius 2 is 0.415 bits per heavy atom.